The van der Waals surface area contributed by atoms with E-state index in [0.29, 0.717) is 39.1 Å². The van der Waals surface area contributed by atoms with Crippen LogP contribution in [0.3, 0.4) is 0 Å². The quantitative estimate of drug-likeness (QED) is 0.471. The molecule has 10 nitrogen and oxygen atoms in total. The van der Waals surface area contributed by atoms with Crippen LogP contribution in [-0.2, 0) is 20.7 Å². The summed E-state index contributed by atoms with van der Waals surface area (Å²) in [6, 6.07) is 4.92. The van der Waals surface area contributed by atoms with Crippen molar-refractivity contribution in [1.29, 1.82) is 0 Å². The molecular weight excluding hydrogens is 450 g/mol. The minimum absolute atomic E-state index is 0.0308. The molecule has 4 aliphatic rings. The highest BCUT2D eigenvalue weighted by Gasteiger charge is 2.44. The molecule has 4 aliphatic heterocycles. The molecule has 2 amide bonds. The number of non-ortho nitro benzene ring substituents is 1. The molecule has 0 saturated carbocycles. The second-order valence-corrected chi connectivity index (χ2v) is 10.5. The van der Waals surface area contributed by atoms with Gasteiger partial charge in [0.1, 0.15) is 0 Å². The summed E-state index contributed by atoms with van der Waals surface area (Å²) in [5, 5.41) is 11.4. The van der Waals surface area contributed by atoms with Gasteiger partial charge in [-0.3, -0.25) is 24.6 Å². The number of nitrogens with zero attached hydrogens (tertiary/aromatic N) is 5. The normalized spacial score (nSPS) is 29.0. The number of carbonyl (C=O) groups excluding carboxylic acids is 2. The van der Waals surface area contributed by atoms with Gasteiger partial charge in [0.2, 0.25) is 11.8 Å². The van der Waals surface area contributed by atoms with E-state index in [4.69, 9.17) is 4.74 Å². The van der Waals surface area contributed by atoms with Gasteiger partial charge in [-0.1, -0.05) is 0 Å². The monoisotopic (exact) mass is 485 g/mol. The number of morpholine rings is 1. The SMILES string of the molecule is C[C@@H]1CN(C(=O)[C@@H]2Cc3cc([N+](=O)[O-])ccc3N3CCN(CC(=O)N4CCCC4)C[C@@H]23)C[C@@H](C)O1. The Morgan fingerprint density at radius 1 is 1.03 bits per heavy atom. The average Bonchev–Trinajstić information content (AvgIpc) is 3.37. The number of anilines is 1. The van der Waals surface area contributed by atoms with E-state index < -0.39 is 0 Å². The summed E-state index contributed by atoms with van der Waals surface area (Å²) >= 11 is 0. The lowest BCUT2D eigenvalue weighted by atomic mass is 9.82. The van der Waals surface area contributed by atoms with Crippen molar-refractivity contribution in [2.24, 2.45) is 5.92 Å². The predicted molar refractivity (Wildman–Crippen MR) is 130 cm³/mol. The summed E-state index contributed by atoms with van der Waals surface area (Å²) in [6.07, 6.45) is 2.54. The highest BCUT2D eigenvalue weighted by molar-refractivity contribution is 5.83. The Labute approximate surface area is 205 Å². The molecule has 1 aromatic rings. The van der Waals surface area contributed by atoms with Crippen LogP contribution in [0.5, 0.6) is 0 Å². The second kappa shape index (κ2) is 9.73. The van der Waals surface area contributed by atoms with Crippen LogP contribution in [0.15, 0.2) is 18.2 Å². The zero-order valence-electron chi connectivity index (χ0n) is 20.6. The van der Waals surface area contributed by atoms with E-state index in [0.717, 1.165) is 43.7 Å². The first-order valence-corrected chi connectivity index (χ1v) is 12.8. The molecule has 0 aliphatic carbocycles. The minimum atomic E-state index is -0.379. The maximum atomic E-state index is 13.9. The lowest BCUT2D eigenvalue weighted by molar-refractivity contribution is -0.384. The Kier molecular flexibility index (Phi) is 6.67. The molecule has 3 fully saturated rings. The summed E-state index contributed by atoms with van der Waals surface area (Å²) in [5.74, 6) is -0.0833. The molecule has 0 radical (unpaired) electrons. The van der Waals surface area contributed by atoms with Gasteiger partial charge in [-0.25, -0.2) is 0 Å². The highest BCUT2D eigenvalue weighted by atomic mass is 16.6. The van der Waals surface area contributed by atoms with Gasteiger partial charge in [-0.05, 0) is 44.7 Å². The number of hydrogen-bond acceptors (Lipinski definition) is 7. The Morgan fingerprint density at radius 2 is 1.74 bits per heavy atom. The van der Waals surface area contributed by atoms with Crippen LogP contribution in [0.2, 0.25) is 0 Å². The largest absolute Gasteiger partial charge is 0.372 e. The number of benzene rings is 1. The third-order valence-corrected chi connectivity index (χ3v) is 7.86. The minimum Gasteiger partial charge on any atom is -0.372 e. The number of fused-ring (bicyclic) bond motifs is 3. The number of carbonyl (C=O) groups is 2. The molecule has 35 heavy (non-hydrogen) atoms. The Hall–Kier alpha value is -2.72. The van der Waals surface area contributed by atoms with E-state index in [2.05, 4.69) is 9.80 Å². The number of rotatable bonds is 4. The first-order valence-electron chi connectivity index (χ1n) is 12.8. The fraction of sp³-hybridized carbons (Fsp3) is 0.680. The number of hydrogen-bond donors (Lipinski definition) is 0. The van der Waals surface area contributed by atoms with E-state index in [1.54, 1.807) is 12.1 Å². The standard InChI is InChI=1S/C25H35N5O5/c1-17-13-28(14-18(2)35-17)25(32)21-12-19-11-20(30(33)34)5-6-22(19)29-10-9-26(15-23(21)29)16-24(31)27-7-3-4-8-27/h5-6,11,17-18,21,23H,3-4,7-10,12-16H2,1-2H3/t17-,18-,21-,23+/m1/s1. The fourth-order valence-electron chi connectivity index (χ4n) is 6.26. The zero-order chi connectivity index (χ0) is 24.7. The molecule has 1 aromatic carbocycles. The maximum absolute atomic E-state index is 13.9. The van der Waals surface area contributed by atoms with E-state index in [-0.39, 0.29) is 46.6 Å². The van der Waals surface area contributed by atoms with E-state index in [9.17, 15) is 19.7 Å². The van der Waals surface area contributed by atoms with Gasteiger partial charge in [0.15, 0.2) is 0 Å². The van der Waals surface area contributed by atoms with Gasteiger partial charge in [0.05, 0.1) is 35.6 Å². The van der Waals surface area contributed by atoms with Crippen molar-refractivity contribution < 1.29 is 19.2 Å². The van der Waals surface area contributed by atoms with Gasteiger partial charge in [-0.2, -0.15) is 0 Å². The van der Waals surface area contributed by atoms with Crippen LogP contribution in [-0.4, -0.2) is 102 Å². The van der Waals surface area contributed by atoms with Crippen LogP contribution >= 0.6 is 0 Å². The van der Waals surface area contributed by atoms with Crippen molar-refractivity contribution in [1.82, 2.24) is 14.7 Å². The summed E-state index contributed by atoms with van der Waals surface area (Å²) in [6.45, 7) is 9.14. The lowest BCUT2D eigenvalue weighted by Gasteiger charge is -2.50. The summed E-state index contributed by atoms with van der Waals surface area (Å²) < 4.78 is 5.84. The van der Waals surface area contributed by atoms with Crippen molar-refractivity contribution in [2.45, 2.75) is 51.4 Å². The van der Waals surface area contributed by atoms with E-state index in [1.807, 2.05) is 29.7 Å². The number of nitro benzene ring substituents is 1. The van der Waals surface area contributed by atoms with Gasteiger partial charge in [0.25, 0.3) is 5.69 Å². The molecule has 0 bridgehead atoms. The molecule has 10 heteroatoms. The summed E-state index contributed by atoms with van der Waals surface area (Å²) in [4.78, 5) is 46.0. The van der Waals surface area contributed by atoms with Crippen molar-refractivity contribution in [3.05, 3.63) is 33.9 Å². The van der Waals surface area contributed by atoms with Crippen LogP contribution in [0, 0.1) is 16.0 Å². The molecule has 3 saturated heterocycles. The number of ether oxygens (including phenoxy) is 1. The van der Waals surface area contributed by atoms with Crippen LogP contribution in [0.4, 0.5) is 11.4 Å². The lowest BCUT2D eigenvalue weighted by Crippen LogP contribution is -2.63. The summed E-state index contributed by atoms with van der Waals surface area (Å²) in [5.41, 5.74) is 1.88. The van der Waals surface area contributed by atoms with Crippen molar-refractivity contribution in [3.63, 3.8) is 0 Å². The second-order valence-electron chi connectivity index (χ2n) is 10.5. The van der Waals surface area contributed by atoms with Gasteiger partial charge < -0.3 is 19.4 Å². The van der Waals surface area contributed by atoms with Crippen LogP contribution in [0.1, 0.15) is 32.3 Å². The van der Waals surface area contributed by atoms with Gasteiger partial charge >= 0.3 is 0 Å². The topological polar surface area (TPSA) is 99.5 Å². The molecule has 0 spiro atoms. The Morgan fingerprint density at radius 3 is 2.43 bits per heavy atom. The Balaban J connectivity index is 1.40. The first kappa shape index (κ1) is 24.0. The van der Waals surface area contributed by atoms with Crippen LogP contribution < -0.4 is 4.90 Å². The van der Waals surface area contributed by atoms with Crippen molar-refractivity contribution in [3.8, 4) is 0 Å². The van der Waals surface area contributed by atoms with E-state index >= 15 is 0 Å². The molecular formula is C25H35N5O5. The highest BCUT2D eigenvalue weighted by Crippen LogP contribution is 2.38. The number of nitro groups is 1. The number of likely N-dealkylation sites (tertiary alicyclic amines) is 1. The average molecular weight is 486 g/mol. The molecule has 5 rings (SSSR count). The van der Waals surface area contributed by atoms with Gasteiger partial charge in [-0.15, -0.1) is 0 Å². The van der Waals surface area contributed by atoms with E-state index in [1.165, 1.54) is 0 Å². The molecule has 4 heterocycles. The van der Waals surface area contributed by atoms with Crippen LogP contribution in [0.25, 0.3) is 0 Å². The molecule has 190 valence electrons. The molecule has 0 unspecified atom stereocenters. The van der Waals surface area contributed by atoms with Crippen molar-refractivity contribution >= 4 is 23.2 Å². The third-order valence-electron chi connectivity index (χ3n) is 7.86. The number of amides is 2. The fourth-order valence-corrected chi connectivity index (χ4v) is 6.26. The zero-order valence-corrected chi connectivity index (χ0v) is 20.6. The maximum Gasteiger partial charge on any atom is 0.269 e. The number of piperazine rings is 1. The molecule has 0 aromatic heterocycles. The van der Waals surface area contributed by atoms with Gasteiger partial charge in [0, 0.05) is 63.6 Å². The Bertz CT molecular complexity index is 986. The third kappa shape index (κ3) is 4.86. The van der Waals surface area contributed by atoms with Crippen molar-refractivity contribution in [2.75, 3.05) is 57.3 Å². The predicted octanol–water partition coefficient (Wildman–Crippen LogP) is 1.52. The summed E-state index contributed by atoms with van der Waals surface area (Å²) in [7, 11) is 0. The molecule has 4 atom stereocenters. The molecule has 0 N–H and O–H groups in total. The first-order chi connectivity index (χ1) is 16.8. The smallest absolute Gasteiger partial charge is 0.269 e.